The SMILES string of the molecule is COC(CN)CC(=O)Nc1cccc(NC(N)=O)c1. The van der Waals surface area contributed by atoms with Gasteiger partial charge in [-0.05, 0) is 18.2 Å². The summed E-state index contributed by atoms with van der Waals surface area (Å²) < 4.78 is 5.02. The van der Waals surface area contributed by atoms with E-state index in [2.05, 4.69) is 10.6 Å². The van der Waals surface area contributed by atoms with Crippen molar-refractivity contribution in [2.45, 2.75) is 12.5 Å². The second-order valence-corrected chi connectivity index (χ2v) is 3.92. The normalized spacial score (nSPS) is 11.7. The van der Waals surface area contributed by atoms with E-state index in [0.717, 1.165) is 0 Å². The van der Waals surface area contributed by atoms with Crippen molar-refractivity contribution in [3.63, 3.8) is 0 Å². The highest BCUT2D eigenvalue weighted by molar-refractivity contribution is 5.93. The van der Waals surface area contributed by atoms with Gasteiger partial charge in [0.2, 0.25) is 5.91 Å². The van der Waals surface area contributed by atoms with E-state index in [1.54, 1.807) is 24.3 Å². The van der Waals surface area contributed by atoms with Crippen LogP contribution in [0.4, 0.5) is 16.2 Å². The van der Waals surface area contributed by atoms with Gasteiger partial charge in [0.15, 0.2) is 0 Å². The molecule has 0 spiro atoms. The van der Waals surface area contributed by atoms with Gasteiger partial charge in [0.05, 0.1) is 12.5 Å². The summed E-state index contributed by atoms with van der Waals surface area (Å²) >= 11 is 0. The standard InChI is InChI=1S/C12H18N4O3/c1-19-10(7-13)6-11(17)15-8-3-2-4-9(5-8)16-12(14)18/h2-5,10H,6-7,13H2,1H3,(H,15,17)(H3,14,16,18). The van der Waals surface area contributed by atoms with E-state index in [-0.39, 0.29) is 25.0 Å². The minimum absolute atomic E-state index is 0.167. The van der Waals surface area contributed by atoms with Gasteiger partial charge >= 0.3 is 6.03 Å². The molecule has 1 aromatic rings. The maximum Gasteiger partial charge on any atom is 0.316 e. The lowest BCUT2D eigenvalue weighted by Crippen LogP contribution is -2.28. The van der Waals surface area contributed by atoms with Gasteiger partial charge < -0.3 is 26.8 Å². The summed E-state index contributed by atoms with van der Waals surface area (Å²) in [4.78, 5) is 22.4. The Morgan fingerprint density at radius 3 is 2.47 bits per heavy atom. The first-order chi connectivity index (χ1) is 9.05. The van der Waals surface area contributed by atoms with Gasteiger partial charge in [0, 0.05) is 25.0 Å². The van der Waals surface area contributed by atoms with Crippen LogP contribution in [-0.2, 0) is 9.53 Å². The van der Waals surface area contributed by atoms with Crippen LogP contribution in [-0.4, -0.2) is 31.7 Å². The van der Waals surface area contributed by atoms with Crippen LogP contribution in [0.5, 0.6) is 0 Å². The number of benzene rings is 1. The number of carbonyl (C=O) groups excluding carboxylic acids is 2. The minimum Gasteiger partial charge on any atom is -0.380 e. The fourth-order valence-corrected chi connectivity index (χ4v) is 1.50. The molecule has 1 unspecified atom stereocenters. The number of anilines is 2. The zero-order valence-corrected chi connectivity index (χ0v) is 10.7. The van der Waals surface area contributed by atoms with E-state index in [9.17, 15) is 9.59 Å². The van der Waals surface area contributed by atoms with Gasteiger partial charge in [0.25, 0.3) is 0 Å². The molecule has 0 aliphatic heterocycles. The van der Waals surface area contributed by atoms with Crippen LogP contribution in [0.3, 0.4) is 0 Å². The fraction of sp³-hybridized carbons (Fsp3) is 0.333. The molecule has 3 amide bonds. The highest BCUT2D eigenvalue weighted by atomic mass is 16.5. The number of carbonyl (C=O) groups is 2. The van der Waals surface area contributed by atoms with Crippen LogP contribution in [0.25, 0.3) is 0 Å². The molecular weight excluding hydrogens is 248 g/mol. The monoisotopic (exact) mass is 266 g/mol. The largest absolute Gasteiger partial charge is 0.380 e. The highest BCUT2D eigenvalue weighted by Gasteiger charge is 2.11. The third-order valence-electron chi connectivity index (χ3n) is 2.42. The lowest BCUT2D eigenvalue weighted by atomic mass is 10.2. The maximum atomic E-state index is 11.7. The number of nitrogens with one attached hydrogen (secondary N) is 2. The molecule has 1 atom stereocenters. The average molecular weight is 266 g/mol. The second kappa shape index (κ2) is 7.34. The quantitative estimate of drug-likeness (QED) is 0.598. The molecule has 6 N–H and O–H groups in total. The number of ether oxygens (including phenoxy) is 1. The summed E-state index contributed by atoms with van der Waals surface area (Å²) in [5.41, 5.74) is 11.5. The Kier molecular flexibility index (Phi) is 5.77. The Morgan fingerprint density at radius 2 is 1.95 bits per heavy atom. The number of hydrogen-bond acceptors (Lipinski definition) is 4. The lowest BCUT2D eigenvalue weighted by molar-refractivity contribution is -0.118. The number of amides is 3. The molecule has 0 radical (unpaired) electrons. The molecule has 0 fully saturated rings. The molecule has 1 rings (SSSR count). The topological polar surface area (TPSA) is 119 Å². The summed E-state index contributed by atoms with van der Waals surface area (Å²) in [5, 5.41) is 5.11. The van der Waals surface area contributed by atoms with Crippen molar-refractivity contribution in [1.82, 2.24) is 0 Å². The molecule has 104 valence electrons. The molecule has 0 aliphatic rings. The molecule has 0 heterocycles. The predicted octanol–water partition coefficient (Wildman–Crippen LogP) is 0.479. The number of primary amides is 1. The van der Waals surface area contributed by atoms with Crippen molar-refractivity contribution in [1.29, 1.82) is 0 Å². The van der Waals surface area contributed by atoms with Gasteiger partial charge in [-0.3, -0.25) is 4.79 Å². The van der Waals surface area contributed by atoms with Gasteiger partial charge in [0.1, 0.15) is 0 Å². The van der Waals surface area contributed by atoms with Gasteiger partial charge in [-0.25, -0.2) is 4.79 Å². The molecule has 1 aromatic carbocycles. The van der Waals surface area contributed by atoms with Crippen LogP contribution in [0.15, 0.2) is 24.3 Å². The van der Waals surface area contributed by atoms with Crippen molar-refractivity contribution >= 4 is 23.3 Å². The summed E-state index contributed by atoms with van der Waals surface area (Å²) in [6.45, 7) is 0.271. The molecule has 0 aliphatic carbocycles. The molecule has 0 saturated heterocycles. The van der Waals surface area contributed by atoms with Crippen LogP contribution in [0.1, 0.15) is 6.42 Å². The van der Waals surface area contributed by atoms with E-state index >= 15 is 0 Å². The van der Waals surface area contributed by atoms with Crippen LogP contribution in [0, 0.1) is 0 Å². The molecule has 19 heavy (non-hydrogen) atoms. The first-order valence-corrected chi connectivity index (χ1v) is 5.74. The molecule has 0 aromatic heterocycles. The van der Waals surface area contributed by atoms with Crippen molar-refractivity contribution < 1.29 is 14.3 Å². The molecule has 0 saturated carbocycles. The predicted molar refractivity (Wildman–Crippen MR) is 72.7 cm³/mol. The third kappa shape index (κ3) is 5.36. The summed E-state index contributed by atoms with van der Waals surface area (Å²) in [6.07, 6.45) is -0.146. The lowest BCUT2D eigenvalue weighted by Gasteiger charge is -2.13. The third-order valence-corrected chi connectivity index (χ3v) is 2.42. The Hall–Kier alpha value is -2.12. The molecule has 7 heteroatoms. The first kappa shape index (κ1) is 14.9. The highest BCUT2D eigenvalue weighted by Crippen LogP contribution is 2.15. The minimum atomic E-state index is -0.661. The van der Waals surface area contributed by atoms with E-state index in [1.165, 1.54) is 7.11 Å². The van der Waals surface area contributed by atoms with E-state index in [4.69, 9.17) is 16.2 Å². The molecular formula is C12H18N4O3. The fourth-order valence-electron chi connectivity index (χ4n) is 1.50. The molecule has 7 nitrogen and oxygen atoms in total. The van der Waals surface area contributed by atoms with Crippen LogP contribution >= 0.6 is 0 Å². The number of methoxy groups -OCH3 is 1. The van der Waals surface area contributed by atoms with Crippen LogP contribution < -0.4 is 22.1 Å². The van der Waals surface area contributed by atoms with E-state index in [0.29, 0.717) is 11.4 Å². The Labute approximate surface area is 111 Å². The van der Waals surface area contributed by atoms with Gasteiger partial charge in [-0.15, -0.1) is 0 Å². The average Bonchev–Trinajstić information content (AvgIpc) is 2.35. The van der Waals surface area contributed by atoms with Gasteiger partial charge in [-0.1, -0.05) is 6.07 Å². The van der Waals surface area contributed by atoms with E-state index < -0.39 is 6.03 Å². The summed E-state index contributed by atoms with van der Waals surface area (Å²) in [6, 6.07) is 6.00. The van der Waals surface area contributed by atoms with Crippen molar-refractivity contribution in [3.05, 3.63) is 24.3 Å². The van der Waals surface area contributed by atoms with Crippen LogP contribution in [0.2, 0.25) is 0 Å². The van der Waals surface area contributed by atoms with Crippen molar-refractivity contribution in [2.75, 3.05) is 24.3 Å². The van der Waals surface area contributed by atoms with E-state index in [1.807, 2.05) is 0 Å². The van der Waals surface area contributed by atoms with Crippen molar-refractivity contribution in [3.8, 4) is 0 Å². The Morgan fingerprint density at radius 1 is 1.32 bits per heavy atom. The van der Waals surface area contributed by atoms with Crippen molar-refractivity contribution in [2.24, 2.45) is 11.5 Å². The smallest absolute Gasteiger partial charge is 0.316 e. The zero-order valence-electron chi connectivity index (χ0n) is 10.7. The maximum absolute atomic E-state index is 11.7. The zero-order chi connectivity index (χ0) is 14.3. The summed E-state index contributed by atoms with van der Waals surface area (Å²) in [5.74, 6) is -0.214. The number of urea groups is 1. The number of hydrogen-bond donors (Lipinski definition) is 4. The Bertz CT molecular complexity index is 446. The number of nitrogens with two attached hydrogens (primary N) is 2. The first-order valence-electron chi connectivity index (χ1n) is 5.74. The second-order valence-electron chi connectivity index (χ2n) is 3.92. The summed E-state index contributed by atoms with van der Waals surface area (Å²) in [7, 11) is 1.50. The Balaban J connectivity index is 2.61. The molecule has 0 bridgehead atoms. The van der Waals surface area contributed by atoms with Gasteiger partial charge in [-0.2, -0.15) is 0 Å². The number of rotatable bonds is 6.